The number of likely N-dealkylation sites (tertiary alicyclic amines) is 1. The minimum absolute atomic E-state index is 0.139. The molecular weight excluding hydrogens is 392 g/mol. The lowest BCUT2D eigenvalue weighted by atomic mass is 9.75. The quantitative estimate of drug-likeness (QED) is 0.656. The van der Waals surface area contributed by atoms with E-state index in [9.17, 15) is 9.59 Å². The second-order valence-electron chi connectivity index (χ2n) is 7.55. The van der Waals surface area contributed by atoms with Gasteiger partial charge in [0.2, 0.25) is 0 Å². The Bertz CT molecular complexity index is 895. The molecule has 0 unspecified atom stereocenters. The maximum Gasteiger partial charge on any atom is 0.314 e. The van der Waals surface area contributed by atoms with E-state index >= 15 is 0 Å². The SMILES string of the molecule is CCOC(=O)[C@]1(Cc2cccc(Cl)c2)CCCN(C(=O)c2c(CC)noc2C)C1. The number of hydrogen-bond acceptors (Lipinski definition) is 5. The average Bonchev–Trinajstić information content (AvgIpc) is 3.08. The molecule has 0 saturated carbocycles. The van der Waals surface area contributed by atoms with Crippen molar-refractivity contribution in [1.29, 1.82) is 0 Å². The summed E-state index contributed by atoms with van der Waals surface area (Å²) in [5, 5.41) is 4.62. The minimum atomic E-state index is -0.800. The maximum absolute atomic E-state index is 13.3. The van der Waals surface area contributed by atoms with Gasteiger partial charge in [-0.3, -0.25) is 9.59 Å². The van der Waals surface area contributed by atoms with Crippen molar-refractivity contribution in [3.8, 4) is 0 Å². The Hall–Kier alpha value is -2.34. The summed E-state index contributed by atoms with van der Waals surface area (Å²) in [5.74, 6) is 0.101. The fourth-order valence-electron chi connectivity index (χ4n) is 4.10. The highest BCUT2D eigenvalue weighted by Gasteiger charge is 2.45. The van der Waals surface area contributed by atoms with Gasteiger partial charge in [0.15, 0.2) is 0 Å². The van der Waals surface area contributed by atoms with E-state index in [0.29, 0.717) is 61.0 Å². The molecule has 1 fully saturated rings. The van der Waals surface area contributed by atoms with Gasteiger partial charge in [0.25, 0.3) is 5.91 Å². The van der Waals surface area contributed by atoms with Crippen LogP contribution in [-0.2, 0) is 22.4 Å². The number of carbonyl (C=O) groups is 2. The molecule has 0 aliphatic carbocycles. The molecule has 1 saturated heterocycles. The number of rotatable bonds is 6. The molecule has 6 nitrogen and oxygen atoms in total. The van der Waals surface area contributed by atoms with Crippen LogP contribution >= 0.6 is 11.6 Å². The van der Waals surface area contributed by atoms with Crippen molar-refractivity contribution in [2.24, 2.45) is 5.41 Å². The van der Waals surface area contributed by atoms with Gasteiger partial charge in [0.1, 0.15) is 11.3 Å². The number of carbonyl (C=O) groups excluding carboxylic acids is 2. The van der Waals surface area contributed by atoms with Gasteiger partial charge in [-0.05, 0) is 57.2 Å². The Labute approximate surface area is 176 Å². The Kier molecular flexibility index (Phi) is 6.63. The molecule has 156 valence electrons. The van der Waals surface area contributed by atoms with Gasteiger partial charge in [-0.1, -0.05) is 35.8 Å². The first-order valence-electron chi connectivity index (χ1n) is 10.1. The molecule has 2 heterocycles. The van der Waals surface area contributed by atoms with Crippen LogP contribution in [0.3, 0.4) is 0 Å². The van der Waals surface area contributed by atoms with Gasteiger partial charge in [-0.2, -0.15) is 0 Å². The Morgan fingerprint density at radius 3 is 2.83 bits per heavy atom. The van der Waals surface area contributed by atoms with Crippen LogP contribution < -0.4 is 0 Å². The van der Waals surface area contributed by atoms with Crippen molar-refractivity contribution in [3.63, 3.8) is 0 Å². The number of halogens is 1. The summed E-state index contributed by atoms with van der Waals surface area (Å²) < 4.78 is 10.7. The summed E-state index contributed by atoms with van der Waals surface area (Å²) in [6.07, 6.45) is 2.46. The number of nitrogens with zero attached hydrogens (tertiary/aromatic N) is 2. The fraction of sp³-hybridized carbons (Fsp3) is 0.500. The molecule has 3 rings (SSSR count). The Balaban J connectivity index is 1.91. The Morgan fingerprint density at radius 2 is 2.14 bits per heavy atom. The first-order chi connectivity index (χ1) is 13.9. The zero-order valence-electron chi connectivity index (χ0n) is 17.2. The summed E-state index contributed by atoms with van der Waals surface area (Å²) in [7, 11) is 0. The lowest BCUT2D eigenvalue weighted by Gasteiger charge is -2.41. The van der Waals surface area contributed by atoms with Crippen LogP contribution in [0.5, 0.6) is 0 Å². The van der Waals surface area contributed by atoms with E-state index < -0.39 is 5.41 Å². The van der Waals surface area contributed by atoms with Crippen molar-refractivity contribution in [3.05, 3.63) is 51.9 Å². The van der Waals surface area contributed by atoms with Gasteiger partial charge < -0.3 is 14.2 Å². The van der Waals surface area contributed by atoms with Crippen molar-refractivity contribution in [1.82, 2.24) is 10.1 Å². The largest absolute Gasteiger partial charge is 0.466 e. The summed E-state index contributed by atoms with van der Waals surface area (Å²) in [6, 6.07) is 7.49. The molecule has 2 aromatic rings. The molecule has 1 aliphatic heterocycles. The third-order valence-corrected chi connectivity index (χ3v) is 5.72. The average molecular weight is 419 g/mol. The number of aryl methyl sites for hydroxylation is 2. The highest BCUT2D eigenvalue weighted by Crippen LogP contribution is 2.36. The first-order valence-corrected chi connectivity index (χ1v) is 10.4. The van der Waals surface area contributed by atoms with E-state index in [4.69, 9.17) is 20.9 Å². The maximum atomic E-state index is 13.3. The molecule has 1 atom stereocenters. The van der Waals surface area contributed by atoms with Crippen molar-refractivity contribution in [2.75, 3.05) is 19.7 Å². The summed E-state index contributed by atoms with van der Waals surface area (Å²) in [5.41, 5.74) is 1.31. The second-order valence-corrected chi connectivity index (χ2v) is 7.99. The molecule has 1 aliphatic rings. The standard InChI is InChI=1S/C22H27ClN2O4/c1-4-18-19(15(3)29-24-18)20(26)25-11-7-10-22(14-25,21(27)28-5-2)13-16-8-6-9-17(23)12-16/h6,8-9,12H,4-5,7,10-11,13-14H2,1-3H3/t22-/m0/s1. The number of ether oxygens (including phenoxy) is 1. The van der Waals surface area contributed by atoms with Crippen LogP contribution in [0.15, 0.2) is 28.8 Å². The van der Waals surface area contributed by atoms with Crippen molar-refractivity contribution < 1.29 is 18.8 Å². The lowest BCUT2D eigenvalue weighted by molar-refractivity contribution is -0.158. The minimum Gasteiger partial charge on any atom is -0.466 e. The number of piperidine rings is 1. The van der Waals surface area contributed by atoms with E-state index in [1.54, 1.807) is 24.8 Å². The molecule has 0 spiro atoms. The molecule has 0 radical (unpaired) electrons. The van der Waals surface area contributed by atoms with E-state index in [1.165, 1.54) is 0 Å². The smallest absolute Gasteiger partial charge is 0.314 e. The van der Waals surface area contributed by atoms with Gasteiger partial charge in [-0.15, -0.1) is 0 Å². The number of aromatic nitrogens is 1. The lowest BCUT2D eigenvalue weighted by Crippen LogP contribution is -2.51. The van der Waals surface area contributed by atoms with E-state index in [1.807, 2.05) is 25.1 Å². The van der Waals surface area contributed by atoms with Gasteiger partial charge in [0.05, 0.1) is 17.7 Å². The predicted molar refractivity (Wildman–Crippen MR) is 110 cm³/mol. The highest BCUT2D eigenvalue weighted by atomic mass is 35.5. The summed E-state index contributed by atoms with van der Waals surface area (Å²) in [4.78, 5) is 28.1. The first kappa shape index (κ1) is 21.4. The predicted octanol–water partition coefficient (Wildman–Crippen LogP) is 4.23. The normalized spacial score (nSPS) is 19.2. The van der Waals surface area contributed by atoms with Crippen LogP contribution in [0.25, 0.3) is 0 Å². The number of amides is 1. The topological polar surface area (TPSA) is 72.6 Å². The van der Waals surface area contributed by atoms with E-state index in [-0.39, 0.29) is 11.9 Å². The second kappa shape index (κ2) is 8.99. The third-order valence-electron chi connectivity index (χ3n) is 5.49. The van der Waals surface area contributed by atoms with E-state index in [2.05, 4.69) is 5.16 Å². The molecule has 0 bridgehead atoms. The van der Waals surface area contributed by atoms with Crippen LogP contribution in [-0.4, -0.2) is 41.6 Å². The van der Waals surface area contributed by atoms with Crippen molar-refractivity contribution >= 4 is 23.5 Å². The summed E-state index contributed by atoms with van der Waals surface area (Å²) in [6.45, 7) is 6.66. The number of benzene rings is 1. The molecule has 0 N–H and O–H groups in total. The number of esters is 1. The van der Waals surface area contributed by atoms with Crippen LogP contribution in [0, 0.1) is 12.3 Å². The molecular formula is C22H27ClN2O4. The monoisotopic (exact) mass is 418 g/mol. The molecule has 1 aromatic carbocycles. The van der Waals surface area contributed by atoms with Gasteiger partial charge in [0, 0.05) is 18.1 Å². The summed E-state index contributed by atoms with van der Waals surface area (Å²) >= 11 is 6.15. The van der Waals surface area contributed by atoms with Gasteiger partial charge >= 0.3 is 5.97 Å². The fourth-order valence-corrected chi connectivity index (χ4v) is 4.31. The van der Waals surface area contributed by atoms with Crippen LogP contribution in [0.2, 0.25) is 5.02 Å². The molecule has 7 heteroatoms. The molecule has 1 aromatic heterocycles. The highest BCUT2D eigenvalue weighted by molar-refractivity contribution is 6.30. The molecule has 29 heavy (non-hydrogen) atoms. The third kappa shape index (κ3) is 4.47. The van der Waals surface area contributed by atoms with Crippen molar-refractivity contribution in [2.45, 2.75) is 46.5 Å². The molecule has 1 amide bonds. The van der Waals surface area contributed by atoms with E-state index in [0.717, 1.165) is 12.0 Å². The zero-order valence-corrected chi connectivity index (χ0v) is 17.9. The zero-order chi connectivity index (χ0) is 21.0. The van der Waals surface area contributed by atoms with Gasteiger partial charge in [-0.25, -0.2) is 0 Å². The van der Waals surface area contributed by atoms with Crippen LogP contribution in [0.4, 0.5) is 0 Å². The number of hydrogen-bond donors (Lipinski definition) is 0. The Morgan fingerprint density at radius 1 is 1.34 bits per heavy atom. The van der Waals surface area contributed by atoms with Crippen LogP contribution in [0.1, 0.15) is 54.1 Å².